The Morgan fingerprint density at radius 2 is 2.05 bits per heavy atom. The Hall–Kier alpha value is -1.73. The summed E-state index contributed by atoms with van der Waals surface area (Å²) in [5, 5.41) is 3.22. The highest BCUT2D eigenvalue weighted by Crippen LogP contribution is 2.11. The van der Waals surface area contributed by atoms with Gasteiger partial charge in [-0.1, -0.05) is 0 Å². The van der Waals surface area contributed by atoms with E-state index in [0.29, 0.717) is 23.9 Å². The largest absolute Gasteiger partial charge is 0.385 e. The second-order valence-electron chi connectivity index (χ2n) is 5.55. The number of carbonyl (C=O) groups excluding carboxylic acids is 1. The minimum atomic E-state index is -0.0152. The highest BCUT2D eigenvalue weighted by Gasteiger charge is 2.22. The van der Waals surface area contributed by atoms with E-state index in [9.17, 15) is 4.79 Å². The highest BCUT2D eigenvalue weighted by molar-refractivity contribution is 5.93. The first kappa shape index (κ1) is 16.6. The van der Waals surface area contributed by atoms with Crippen molar-refractivity contribution < 1.29 is 9.53 Å². The summed E-state index contributed by atoms with van der Waals surface area (Å²) in [6, 6.07) is 1.74. The fourth-order valence-corrected chi connectivity index (χ4v) is 2.37. The number of aromatic nitrogens is 2. The molecule has 1 N–H and O–H groups in total. The van der Waals surface area contributed by atoms with Crippen molar-refractivity contribution in [1.29, 1.82) is 0 Å². The van der Waals surface area contributed by atoms with Crippen LogP contribution < -0.4 is 5.32 Å². The first-order valence-electron chi connectivity index (χ1n) is 7.66. The molecule has 22 heavy (non-hydrogen) atoms. The van der Waals surface area contributed by atoms with Gasteiger partial charge in [-0.2, -0.15) is 0 Å². The fourth-order valence-electron chi connectivity index (χ4n) is 2.37. The molecule has 2 rings (SSSR count). The average Bonchev–Trinajstić information content (AvgIpc) is 2.51. The summed E-state index contributed by atoms with van der Waals surface area (Å²) in [6.45, 7) is 6.55. The first-order valence-corrected chi connectivity index (χ1v) is 7.66. The second-order valence-corrected chi connectivity index (χ2v) is 5.55. The van der Waals surface area contributed by atoms with Crippen molar-refractivity contribution >= 4 is 11.7 Å². The molecule has 7 nitrogen and oxygen atoms in total. The van der Waals surface area contributed by atoms with Gasteiger partial charge in [0.2, 0.25) is 0 Å². The van der Waals surface area contributed by atoms with Crippen molar-refractivity contribution in [2.75, 3.05) is 58.8 Å². The zero-order valence-electron chi connectivity index (χ0n) is 13.6. The molecule has 1 aliphatic heterocycles. The van der Waals surface area contributed by atoms with E-state index < -0.39 is 0 Å². The number of likely N-dealkylation sites (N-methyl/N-ethyl adjacent to an activating group) is 1. The lowest BCUT2D eigenvalue weighted by Crippen LogP contribution is -2.47. The van der Waals surface area contributed by atoms with Crippen LogP contribution in [0.1, 0.15) is 22.7 Å². The van der Waals surface area contributed by atoms with Crippen LogP contribution in [0, 0.1) is 6.92 Å². The maximum atomic E-state index is 12.6. The lowest BCUT2D eigenvalue weighted by Gasteiger charge is -2.32. The molecule has 1 fully saturated rings. The van der Waals surface area contributed by atoms with Gasteiger partial charge in [0.25, 0.3) is 5.91 Å². The maximum absolute atomic E-state index is 12.6. The predicted octanol–water partition coefficient (Wildman–Crippen LogP) is 0.621. The van der Waals surface area contributed by atoms with Gasteiger partial charge >= 0.3 is 0 Å². The number of piperazine rings is 1. The topological polar surface area (TPSA) is 70.6 Å². The minimum absolute atomic E-state index is 0.0152. The Morgan fingerprint density at radius 3 is 2.73 bits per heavy atom. The molecular weight excluding hydrogens is 282 g/mol. The van der Waals surface area contributed by atoms with Gasteiger partial charge in [0, 0.05) is 52.5 Å². The predicted molar refractivity (Wildman–Crippen MR) is 85.2 cm³/mol. The molecule has 7 heteroatoms. The SMILES string of the molecule is COCCCNc1cc(C(=O)N2CCN(C)CC2)nc(C)n1. The van der Waals surface area contributed by atoms with Gasteiger partial charge in [0.05, 0.1) is 0 Å². The number of rotatable bonds is 6. The van der Waals surface area contributed by atoms with Crippen LogP contribution in [-0.2, 0) is 4.74 Å². The summed E-state index contributed by atoms with van der Waals surface area (Å²) in [7, 11) is 3.75. The van der Waals surface area contributed by atoms with Gasteiger partial charge in [0.15, 0.2) is 0 Å². The van der Waals surface area contributed by atoms with E-state index in [-0.39, 0.29) is 5.91 Å². The van der Waals surface area contributed by atoms with E-state index >= 15 is 0 Å². The molecule has 0 saturated carbocycles. The molecule has 1 amide bonds. The minimum Gasteiger partial charge on any atom is -0.385 e. The third-order valence-corrected chi connectivity index (χ3v) is 3.68. The molecule has 0 unspecified atom stereocenters. The zero-order valence-corrected chi connectivity index (χ0v) is 13.6. The summed E-state index contributed by atoms with van der Waals surface area (Å²) in [5.74, 6) is 1.29. The molecule has 1 aromatic heterocycles. The summed E-state index contributed by atoms with van der Waals surface area (Å²) >= 11 is 0. The Morgan fingerprint density at radius 1 is 1.32 bits per heavy atom. The van der Waals surface area contributed by atoms with Crippen LogP contribution in [0.5, 0.6) is 0 Å². The molecular formula is C15H25N5O2. The molecule has 122 valence electrons. The molecule has 0 atom stereocenters. The van der Waals surface area contributed by atoms with E-state index in [1.165, 1.54) is 0 Å². The van der Waals surface area contributed by atoms with Crippen LogP contribution in [-0.4, -0.2) is 79.2 Å². The van der Waals surface area contributed by atoms with Crippen LogP contribution >= 0.6 is 0 Å². The van der Waals surface area contributed by atoms with Crippen molar-refractivity contribution in [3.63, 3.8) is 0 Å². The summed E-state index contributed by atoms with van der Waals surface area (Å²) in [4.78, 5) is 25.3. The van der Waals surface area contributed by atoms with Crippen LogP contribution in [0.2, 0.25) is 0 Å². The second kappa shape index (κ2) is 8.05. The van der Waals surface area contributed by atoms with E-state index in [1.54, 1.807) is 20.1 Å². The summed E-state index contributed by atoms with van der Waals surface area (Å²) < 4.78 is 5.02. The first-order chi connectivity index (χ1) is 10.6. The van der Waals surface area contributed by atoms with Crippen LogP contribution in [0.3, 0.4) is 0 Å². The summed E-state index contributed by atoms with van der Waals surface area (Å²) in [5.41, 5.74) is 0.464. The van der Waals surface area contributed by atoms with Crippen molar-refractivity contribution in [3.8, 4) is 0 Å². The smallest absolute Gasteiger partial charge is 0.272 e. The van der Waals surface area contributed by atoms with Crippen molar-refractivity contribution in [3.05, 3.63) is 17.6 Å². The third kappa shape index (κ3) is 4.64. The molecule has 0 spiro atoms. The Bertz CT molecular complexity index is 501. The Kier molecular flexibility index (Phi) is 6.09. The third-order valence-electron chi connectivity index (χ3n) is 3.68. The zero-order chi connectivity index (χ0) is 15.9. The van der Waals surface area contributed by atoms with E-state index in [0.717, 1.165) is 39.1 Å². The van der Waals surface area contributed by atoms with Crippen LogP contribution in [0.15, 0.2) is 6.07 Å². The number of amides is 1. The highest BCUT2D eigenvalue weighted by atomic mass is 16.5. The number of hydrogen-bond donors (Lipinski definition) is 1. The van der Waals surface area contributed by atoms with Gasteiger partial charge < -0.3 is 19.9 Å². The molecule has 1 aromatic rings. The number of anilines is 1. The van der Waals surface area contributed by atoms with Gasteiger partial charge in [-0.05, 0) is 20.4 Å². The monoisotopic (exact) mass is 307 g/mol. The van der Waals surface area contributed by atoms with Gasteiger partial charge in [-0.15, -0.1) is 0 Å². The number of nitrogens with zero attached hydrogens (tertiary/aromatic N) is 4. The number of methoxy groups -OCH3 is 1. The fraction of sp³-hybridized carbons (Fsp3) is 0.667. The maximum Gasteiger partial charge on any atom is 0.272 e. The standard InChI is InChI=1S/C15H25N5O2/c1-12-17-13(11-14(18-12)16-5-4-10-22-3)15(21)20-8-6-19(2)7-9-20/h11H,4-10H2,1-3H3,(H,16,17,18). The Labute approximate surface area is 131 Å². The summed E-state index contributed by atoms with van der Waals surface area (Å²) in [6.07, 6.45) is 0.890. The van der Waals surface area contributed by atoms with Crippen molar-refractivity contribution in [2.24, 2.45) is 0 Å². The lowest BCUT2D eigenvalue weighted by atomic mass is 10.2. The average molecular weight is 307 g/mol. The molecule has 0 aliphatic carbocycles. The van der Waals surface area contributed by atoms with Crippen LogP contribution in [0.4, 0.5) is 5.82 Å². The van der Waals surface area contributed by atoms with E-state index in [2.05, 4.69) is 27.2 Å². The molecule has 2 heterocycles. The van der Waals surface area contributed by atoms with E-state index in [1.807, 2.05) is 4.90 Å². The van der Waals surface area contributed by atoms with Gasteiger partial charge in [-0.3, -0.25) is 4.79 Å². The Balaban J connectivity index is 2.00. The normalized spacial score (nSPS) is 15.9. The van der Waals surface area contributed by atoms with Crippen LogP contribution in [0.25, 0.3) is 0 Å². The molecule has 1 saturated heterocycles. The van der Waals surface area contributed by atoms with Crippen molar-refractivity contribution in [1.82, 2.24) is 19.8 Å². The van der Waals surface area contributed by atoms with E-state index in [4.69, 9.17) is 4.74 Å². The quantitative estimate of drug-likeness (QED) is 0.777. The number of hydrogen-bond acceptors (Lipinski definition) is 6. The molecule has 0 aromatic carbocycles. The molecule has 0 bridgehead atoms. The number of nitrogens with one attached hydrogen (secondary N) is 1. The molecule has 1 aliphatic rings. The number of carbonyl (C=O) groups is 1. The molecule has 0 radical (unpaired) electrons. The number of ether oxygens (including phenoxy) is 1. The van der Waals surface area contributed by atoms with Crippen molar-refractivity contribution in [2.45, 2.75) is 13.3 Å². The van der Waals surface area contributed by atoms with Gasteiger partial charge in [0.1, 0.15) is 17.3 Å². The number of aryl methyl sites for hydroxylation is 1. The lowest BCUT2D eigenvalue weighted by molar-refractivity contribution is 0.0658. The van der Waals surface area contributed by atoms with Gasteiger partial charge in [-0.25, -0.2) is 9.97 Å².